The number of rotatable bonds is 6. The quantitative estimate of drug-likeness (QED) is 0.490. The molecular weight excluding hydrogens is 534 g/mol. The van der Waals surface area contributed by atoms with Crippen LogP contribution in [0.15, 0.2) is 59.5 Å². The molecule has 1 aliphatic heterocycles. The first-order valence-corrected chi connectivity index (χ1v) is 17.1. The Kier molecular flexibility index (Phi) is 6.43. The van der Waals surface area contributed by atoms with Gasteiger partial charge >= 0.3 is 0 Å². The van der Waals surface area contributed by atoms with Crippen LogP contribution >= 0.6 is 0 Å². The number of hydrogen-bond donors (Lipinski definition) is 2. The minimum Gasteiger partial charge on any atom is -0.307 e. The van der Waals surface area contributed by atoms with E-state index in [0.717, 1.165) is 62.5 Å². The predicted octanol–water partition coefficient (Wildman–Crippen LogP) is 4.70. The second kappa shape index (κ2) is 9.45. The lowest BCUT2D eigenvalue weighted by Crippen LogP contribution is -2.40. The van der Waals surface area contributed by atoms with E-state index in [1.54, 1.807) is 23.1 Å². The SMILES string of the molecule is CS(=O)(=O)Nc1ccc2c(c1)C1(CCC3(CC3)CC1)CN2C(=O)c1cccc(S(=O)(=O)NC2C=CCCC2)c1. The fourth-order valence-corrected chi connectivity index (χ4v) is 8.45. The van der Waals surface area contributed by atoms with Gasteiger partial charge in [0.2, 0.25) is 20.0 Å². The second-order valence-corrected chi connectivity index (χ2v) is 15.4. The topological polar surface area (TPSA) is 113 Å². The van der Waals surface area contributed by atoms with Crippen molar-refractivity contribution >= 4 is 37.3 Å². The molecule has 2 aromatic rings. The van der Waals surface area contributed by atoms with Gasteiger partial charge in [0.15, 0.2) is 0 Å². The summed E-state index contributed by atoms with van der Waals surface area (Å²) in [4.78, 5) is 15.8. The average molecular weight is 570 g/mol. The third-order valence-corrected chi connectivity index (χ3v) is 11.1. The normalized spacial score (nSPS) is 23.1. The number of anilines is 2. The van der Waals surface area contributed by atoms with Crippen molar-refractivity contribution in [3.05, 3.63) is 65.7 Å². The van der Waals surface area contributed by atoms with Crippen LogP contribution in [-0.2, 0) is 25.5 Å². The maximum absolute atomic E-state index is 13.9. The van der Waals surface area contributed by atoms with Gasteiger partial charge in [-0.3, -0.25) is 9.52 Å². The van der Waals surface area contributed by atoms with Gasteiger partial charge in [-0.15, -0.1) is 0 Å². The molecule has 8 nitrogen and oxygen atoms in total. The van der Waals surface area contributed by atoms with E-state index < -0.39 is 20.0 Å². The van der Waals surface area contributed by atoms with Crippen molar-refractivity contribution in [1.82, 2.24) is 4.72 Å². The third-order valence-electron chi connectivity index (χ3n) is 9.04. The first-order chi connectivity index (χ1) is 18.5. The zero-order chi connectivity index (χ0) is 27.5. The van der Waals surface area contributed by atoms with Crippen molar-refractivity contribution in [1.29, 1.82) is 0 Å². The van der Waals surface area contributed by atoms with Crippen LogP contribution in [0.3, 0.4) is 0 Å². The zero-order valence-corrected chi connectivity index (χ0v) is 23.8. The van der Waals surface area contributed by atoms with Gasteiger partial charge in [0.25, 0.3) is 5.91 Å². The fourth-order valence-electron chi connectivity index (χ4n) is 6.62. The summed E-state index contributed by atoms with van der Waals surface area (Å²) < 4.78 is 55.4. The molecule has 2 fully saturated rings. The molecule has 2 spiro atoms. The van der Waals surface area contributed by atoms with Gasteiger partial charge in [0.1, 0.15) is 0 Å². The number of allylic oxidation sites excluding steroid dienone is 1. The molecule has 1 atom stereocenters. The fraction of sp³-hybridized carbons (Fsp3) is 0.483. The minimum absolute atomic E-state index is 0.0718. The van der Waals surface area contributed by atoms with Crippen LogP contribution in [0.25, 0.3) is 0 Å². The van der Waals surface area contributed by atoms with Gasteiger partial charge < -0.3 is 4.90 Å². The molecule has 2 N–H and O–H groups in total. The molecule has 208 valence electrons. The number of nitrogens with one attached hydrogen (secondary N) is 2. The Hall–Kier alpha value is -2.69. The van der Waals surface area contributed by atoms with E-state index in [4.69, 9.17) is 0 Å². The van der Waals surface area contributed by atoms with Crippen LogP contribution in [0.1, 0.15) is 73.7 Å². The Balaban J connectivity index is 1.31. The summed E-state index contributed by atoms with van der Waals surface area (Å²) >= 11 is 0. The molecule has 10 heteroatoms. The standard InChI is InChI=1S/C29H35N3O5S2/c1-38(34,35)30-23-10-11-26-25(19-23)29(16-14-28(12-13-28)15-17-29)20-32(26)27(33)21-6-5-9-24(18-21)39(36,37)31-22-7-3-2-4-8-22/h3,5-7,9-11,18-19,22,30-31H,2,4,8,12-17,20H2,1H3. The molecule has 1 amide bonds. The van der Waals surface area contributed by atoms with Crippen LogP contribution in [0.5, 0.6) is 0 Å². The lowest BCUT2D eigenvalue weighted by molar-refractivity contribution is 0.0980. The van der Waals surface area contributed by atoms with Gasteiger partial charge in [-0.05, 0) is 105 Å². The van der Waals surface area contributed by atoms with E-state index >= 15 is 0 Å². The van der Waals surface area contributed by atoms with E-state index in [-0.39, 0.29) is 22.3 Å². The van der Waals surface area contributed by atoms with E-state index in [1.165, 1.54) is 25.0 Å². The molecule has 2 saturated carbocycles. The minimum atomic E-state index is -3.79. The van der Waals surface area contributed by atoms with E-state index in [2.05, 4.69) is 9.44 Å². The smallest absolute Gasteiger partial charge is 0.258 e. The molecule has 1 heterocycles. The predicted molar refractivity (Wildman–Crippen MR) is 152 cm³/mol. The van der Waals surface area contributed by atoms with E-state index in [1.807, 2.05) is 24.3 Å². The van der Waals surface area contributed by atoms with Crippen molar-refractivity contribution in [3.8, 4) is 0 Å². The molecule has 6 rings (SSSR count). The monoisotopic (exact) mass is 569 g/mol. The number of hydrogen-bond acceptors (Lipinski definition) is 5. The van der Waals surface area contributed by atoms with Crippen LogP contribution in [0, 0.1) is 5.41 Å². The first-order valence-electron chi connectivity index (χ1n) is 13.7. The third kappa shape index (κ3) is 5.26. The van der Waals surface area contributed by atoms with Gasteiger partial charge in [-0.1, -0.05) is 18.2 Å². The Morgan fingerprint density at radius 1 is 0.974 bits per heavy atom. The van der Waals surface area contributed by atoms with Gasteiger partial charge in [-0.2, -0.15) is 0 Å². The van der Waals surface area contributed by atoms with Crippen LogP contribution in [0.2, 0.25) is 0 Å². The molecule has 0 saturated heterocycles. The van der Waals surface area contributed by atoms with Crippen molar-refractivity contribution in [2.24, 2.45) is 5.41 Å². The van der Waals surface area contributed by atoms with Gasteiger partial charge in [0, 0.05) is 34.9 Å². The summed E-state index contributed by atoms with van der Waals surface area (Å²) in [6.45, 7) is 0.502. The summed E-state index contributed by atoms with van der Waals surface area (Å²) in [5.74, 6) is -0.252. The van der Waals surface area contributed by atoms with Crippen molar-refractivity contribution in [2.45, 2.75) is 74.1 Å². The van der Waals surface area contributed by atoms with Crippen molar-refractivity contribution < 1.29 is 21.6 Å². The number of nitrogens with zero attached hydrogens (tertiary/aromatic N) is 1. The molecule has 2 aromatic carbocycles. The van der Waals surface area contributed by atoms with Crippen LogP contribution in [0.4, 0.5) is 11.4 Å². The number of benzene rings is 2. The molecule has 1 unspecified atom stereocenters. The Morgan fingerprint density at radius 3 is 2.38 bits per heavy atom. The summed E-state index contributed by atoms with van der Waals surface area (Å²) in [5, 5.41) is 0. The Bertz CT molecular complexity index is 1550. The molecule has 4 aliphatic rings. The van der Waals surface area contributed by atoms with Gasteiger partial charge in [-0.25, -0.2) is 21.6 Å². The zero-order valence-electron chi connectivity index (χ0n) is 22.1. The summed E-state index contributed by atoms with van der Waals surface area (Å²) in [6.07, 6.45) is 14.3. The van der Waals surface area contributed by atoms with Crippen LogP contribution < -0.4 is 14.3 Å². The highest BCUT2D eigenvalue weighted by molar-refractivity contribution is 7.92. The summed E-state index contributed by atoms with van der Waals surface area (Å²) in [6, 6.07) is 11.4. The Labute approximate surface area is 231 Å². The van der Waals surface area contributed by atoms with E-state index in [9.17, 15) is 21.6 Å². The lowest BCUT2D eigenvalue weighted by atomic mass is 9.66. The number of sulfonamides is 2. The van der Waals surface area contributed by atoms with E-state index in [0.29, 0.717) is 23.2 Å². The first kappa shape index (κ1) is 26.5. The van der Waals surface area contributed by atoms with Gasteiger partial charge in [0.05, 0.1) is 11.2 Å². The highest BCUT2D eigenvalue weighted by Crippen LogP contribution is 2.62. The largest absolute Gasteiger partial charge is 0.307 e. The second-order valence-electron chi connectivity index (χ2n) is 11.9. The number of fused-ring (bicyclic) bond motifs is 2. The maximum Gasteiger partial charge on any atom is 0.258 e. The molecule has 0 aromatic heterocycles. The van der Waals surface area contributed by atoms with Crippen molar-refractivity contribution in [2.75, 3.05) is 22.4 Å². The number of carbonyl (C=O) groups excluding carboxylic acids is 1. The molecular formula is C29H35N3O5S2. The lowest BCUT2D eigenvalue weighted by Gasteiger charge is -2.38. The highest BCUT2D eigenvalue weighted by Gasteiger charge is 2.53. The summed E-state index contributed by atoms with van der Waals surface area (Å²) in [7, 11) is -7.24. The number of amides is 1. The summed E-state index contributed by atoms with van der Waals surface area (Å²) in [5.41, 5.74) is 2.78. The highest BCUT2D eigenvalue weighted by atomic mass is 32.2. The molecule has 0 radical (unpaired) electrons. The molecule has 0 bridgehead atoms. The number of carbonyl (C=O) groups is 1. The molecule has 39 heavy (non-hydrogen) atoms. The molecule has 3 aliphatic carbocycles. The maximum atomic E-state index is 13.9. The van der Waals surface area contributed by atoms with Crippen LogP contribution in [-0.4, -0.2) is 41.6 Å². The Morgan fingerprint density at radius 2 is 1.72 bits per heavy atom. The average Bonchev–Trinajstić information content (AvgIpc) is 3.60. The van der Waals surface area contributed by atoms with Crippen molar-refractivity contribution in [3.63, 3.8) is 0 Å².